The molecule has 0 amide bonds. The fourth-order valence-electron chi connectivity index (χ4n) is 1.70. The van der Waals surface area contributed by atoms with E-state index in [-0.39, 0.29) is 21.2 Å². The van der Waals surface area contributed by atoms with Crippen molar-refractivity contribution in [1.82, 2.24) is 0 Å². The molecule has 0 bridgehead atoms. The summed E-state index contributed by atoms with van der Waals surface area (Å²) in [7, 11) is -1.57. The van der Waals surface area contributed by atoms with Crippen molar-refractivity contribution in [3.63, 3.8) is 0 Å². The Morgan fingerprint density at radius 1 is 1.25 bits per heavy atom. The van der Waals surface area contributed by atoms with Gasteiger partial charge >= 0.3 is 5.97 Å². The van der Waals surface area contributed by atoms with Crippen LogP contribution in [0.5, 0.6) is 0 Å². The Bertz CT molecular complexity index is 688. The van der Waals surface area contributed by atoms with Crippen molar-refractivity contribution in [2.75, 3.05) is 0 Å². The third-order valence-electron chi connectivity index (χ3n) is 2.66. The Labute approximate surface area is 122 Å². The standard InChI is InChI=1S/C14H10ClFO3S/c15-12-7-10(16)6-5-9(12)8-20(19)13-4-2-1-3-11(13)14(17)18/h1-7H,8H2,(H,17,18). The molecule has 2 rings (SSSR count). The number of aromatic carboxylic acids is 1. The predicted octanol–water partition coefficient (Wildman–Crippen LogP) is 3.49. The third-order valence-corrected chi connectivity index (χ3v) is 4.44. The lowest BCUT2D eigenvalue weighted by molar-refractivity contribution is 0.0693. The van der Waals surface area contributed by atoms with Gasteiger partial charge in [0.25, 0.3) is 0 Å². The first-order valence-corrected chi connectivity index (χ1v) is 7.33. The highest BCUT2D eigenvalue weighted by molar-refractivity contribution is 7.84. The van der Waals surface area contributed by atoms with Crippen molar-refractivity contribution >= 4 is 28.4 Å². The van der Waals surface area contributed by atoms with E-state index in [9.17, 15) is 13.4 Å². The van der Waals surface area contributed by atoms with Crippen molar-refractivity contribution in [2.24, 2.45) is 0 Å². The molecule has 0 aliphatic rings. The molecule has 0 radical (unpaired) electrons. The SMILES string of the molecule is O=C(O)c1ccccc1S(=O)Cc1ccc(F)cc1Cl. The lowest BCUT2D eigenvalue weighted by atomic mass is 10.2. The summed E-state index contributed by atoms with van der Waals surface area (Å²) < 4.78 is 25.2. The molecule has 0 aliphatic carbocycles. The molecule has 3 nitrogen and oxygen atoms in total. The normalized spacial score (nSPS) is 12.1. The average molecular weight is 313 g/mol. The molecule has 0 spiro atoms. The minimum absolute atomic E-state index is 0.0101. The lowest BCUT2D eigenvalue weighted by Gasteiger charge is -2.07. The molecule has 0 saturated heterocycles. The topological polar surface area (TPSA) is 54.4 Å². The summed E-state index contributed by atoms with van der Waals surface area (Å²) in [5, 5.41) is 9.23. The van der Waals surface area contributed by atoms with E-state index in [1.165, 1.54) is 24.3 Å². The van der Waals surface area contributed by atoms with Crippen LogP contribution in [-0.2, 0) is 16.6 Å². The van der Waals surface area contributed by atoms with Crippen LogP contribution in [0, 0.1) is 5.82 Å². The van der Waals surface area contributed by atoms with Gasteiger partial charge in [-0.3, -0.25) is 4.21 Å². The predicted molar refractivity (Wildman–Crippen MR) is 74.9 cm³/mol. The van der Waals surface area contributed by atoms with Gasteiger partial charge in [-0.15, -0.1) is 0 Å². The van der Waals surface area contributed by atoms with Crippen LogP contribution in [-0.4, -0.2) is 15.3 Å². The number of halogens is 2. The summed E-state index contributed by atoms with van der Waals surface area (Å²) in [6.07, 6.45) is 0. The Kier molecular flexibility index (Phi) is 4.52. The number of carboxylic acids is 1. The molecule has 0 aromatic heterocycles. The summed E-state index contributed by atoms with van der Waals surface area (Å²) in [5.41, 5.74) is 0.496. The quantitative estimate of drug-likeness (QED) is 0.940. The summed E-state index contributed by atoms with van der Waals surface area (Å²) in [5.74, 6) is -1.58. The van der Waals surface area contributed by atoms with E-state index >= 15 is 0 Å². The largest absolute Gasteiger partial charge is 0.478 e. The molecule has 6 heteroatoms. The maximum Gasteiger partial charge on any atom is 0.336 e. The minimum atomic E-state index is -1.57. The monoisotopic (exact) mass is 312 g/mol. The van der Waals surface area contributed by atoms with E-state index in [0.717, 1.165) is 6.07 Å². The van der Waals surface area contributed by atoms with E-state index in [4.69, 9.17) is 16.7 Å². The van der Waals surface area contributed by atoms with Crippen LogP contribution < -0.4 is 0 Å². The number of carboxylic acid groups (broad SMARTS) is 1. The molecule has 0 saturated carbocycles. The lowest BCUT2D eigenvalue weighted by Crippen LogP contribution is -2.06. The Hall–Kier alpha value is -1.72. The van der Waals surface area contributed by atoms with E-state index < -0.39 is 22.6 Å². The molecule has 1 N–H and O–H groups in total. The highest BCUT2D eigenvalue weighted by Crippen LogP contribution is 2.22. The van der Waals surface area contributed by atoms with Crippen molar-refractivity contribution in [1.29, 1.82) is 0 Å². The van der Waals surface area contributed by atoms with E-state index in [1.54, 1.807) is 12.1 Å². The molecule has 0 fully saturated rings. The number of rotatable bonds is 4. The maximum absolute atomic E-state index is 12.9. The highest BCUT2D eigenvalue weighted by atomic mass is 35.5. The van der Waals surface area contributed by atoms with Crippen molar-refractivity contribution in [3.05, 3.63) is 64.4 Å². The van der Waals surface area contributed by atoms with Gasteiger partial charge in [-0.25, -0.2) is 9.18 Å². The second kappa shape index (κ2) is 6.15. The number of hydrogen-bond acceptors (Lipinski definition) is 2. The Balaban J connectivity index is 2.31. The van der Waals surface area contributed by atoms with Crippen molar-refractivity contribution < 1.29 is 18.5 Å². The first kappa shape index (κ1) is 14.7. The second-order valence-corrected chi connectivity index (χ2v) is 5.85. The van der Waals surface area contributed by atoms with Crippen LogP contribution in [0.15, 0.2) is 47.4 Å². The molecule has 2 aromatic rings. The minimum Gasteiger partial charge on any atom is -0.478 e. The molecule has 0 heterocycles. The van der Waals surface area contributed by atoms with Crippen LogP contribution in [0.4, 0.5) is 4.39 Å². The van der Waals surface area contributed by atoms with Crippen LogP contribution in [0.2, 0.25) is 5.02 Å². The maximum atomic E-state index is 12.9. The van der Waals surface area contributed by atoms with Gasteiger partial charge in [0.15, 0.2) is 0 Å². The van der Waals surface area contributed by atoms with Gasteiger partial charge in [-0.05, 0) is 29.8 Å². The van der Waals surface area contributed by atoms with Crippen LogP contribution in [0.3, 0.4) is 0 Å². The summed E-state index contributed by atoms with van der Waals surface area (Å²) >= 11 is 5.87. The van der Waals surface area contributed by atoms with Crippen molar-refractivity contribution in [2.45, 2.75) is 10.6 Å². The van der Waals surface area contributed by atoms with E-state index in [0.29, 0.717) is 5.56 Å². The molecule has 104 valence electrons. The molecule has 1 unspecified atom stereocenters. The Morgan fingerprint density at radius 3 is 2.60 bits per heavy atom. The number of carbonyl (C=O) groups is 1. The summed E-state index contributed by atoms with van der Waals surface area (Å²) in [6.45, 7) is 0. The molecule has 1 atom stereocenters. The molecular formula is C14H10ClFO3S. The van der Waals surface area contributed by atoms with E-state index in [2.05, 4.69) is 0 Å². The zero-order valence-corrected chi connectivity index (χ0v) is 11.7. The number of benzene rings is 2. The first-order chi connectivity index (χ1) is 9.49. The second-order valence-electron chi connectivity index (χ2n) is 4.03. The van der Waals surface area contributed by atoms with Crippen LogP contribution in [0.1, 0.15) is 15.9 Å². The smallest absolute Gasteiger partial charge is 0.336 e. The van der Waals surface area contributed by atoms with Gasteiger partial charge in [0.05, 0.1) is 27.0 Å². The zero-order valence-electron chi connectivity index (χ0n) is 10.2. The highest BCUT2D eigenvalue weighted by Gasteiger charge is 2.16. The van der Waals surface area contributed by atoms with Gasteiger partial charge in [-0.2, -0.15) is 0 Å². The van der Waals surface area contributed by atoms with Crippen LogP contribution in [0.25, 0.3) is 0 Å². The van der Waals surface area contributed by atoms with Gasteiger partial charge in [0, 0.05) is 5.02 Å². The van der Waals surface area contributed by atoms with Crippen molar-refractivity contribution in [3.8, 4) is 0 Å². The molecule has 0 aliphatic heterocycles. The third kappa shape index (κ3) is 3.23. The molecule has 2 aromatic carbocycles. The van der Waals surface area contributed by atoms with Gasteiger partial charge in [0.1, 0.15) is 5.82 Å². The fraction of sp³-hybridized carbons (Fsp3) is 0.0714. The molecule has 20 heavy (non-hydrogen) atoms. The fourth-order valence-corrected chi connectivity index (χ4v) is 3.33. The molecular weight excluding hydrogens is 303 g/mol. The Morgan fingerprint density at radius 2 is 1.95 bits per heavy atom. The summed E-state index contributed by atoms with van der Waals surface area (Å²) in [4.78, 5) is 11.3. The number of hydrogen-bond donors (Lipinski definition) is 1. The van der Waals surface area contributed by atoms with Crippen LogP contribution >= 0.6 is 11.6 Å². The van der Waals surface area contributed by atoms with Gasteiger partial charge in [-0.1, -0.05) is 29.8 Å². The zero-order chi connectivity index (χ0) is 14.7. The van der Waals surface area contributed by atoms with E-state index in [1.807, 2.05) is 0 Å². The average Bonchev–Trinajstić information content (AvgIpc) is 2.41. The van der Waals surface area contributed by atoms with Gasteiger partial charge in [0.2, 0.25) is 0 Å². The first-order valence-electron chi connectivity index (χ1n) is 5.63. The van der Waals surface area contributed by atoms with Gasteiger partial charge < -0.3 is 5.11 Å². The summed E-state index contributed by atoms with van der Waals surface area (Å²) in [6, 6.07) is 9.87.